The summed E-state index contributed by atoms with van der Waals surface area (Å²) < 4.78 is 27.2. The molecule has 1 saturated heterocycles. The number of thioether (sulfide) groups is 1. The van der Waals surface area contributed by atoms with Crippen LogP contribution in [0.5, 0.6) is 0 Å². The van der Waals surface area contributed by atoms with Crippen LogP contribution < -0.4 is 10.6 Å². The highest BCUT2D eigenvalue weighted by Gasteiger charge is 2.29. The predicted octanol–water partition coefficient (Wildman–Crippen LogP) is 3.60. The van der Waals surface area contributed by atoms with Crippen molar-refractivity contribution in [2.75, 3.05) is 23.7 Å². The van der Waals surface area contributed by atoms with Gasteiger partial charge in [0.25, 0.3) is 5.91 Å². The van der Waals surface area contributed by atoms with Gasteiger partial charge in [-0.2, -0.15) is 4.31 Å². The Bertz CT molecular complexity index is 1090. The summed E-state index contributed by atoms with van der Waals surface area (Å²) >= 11 is 7.70. The number of carbonyl (C=O) groups is 1. The first-order chi connectivity index (χ1) is 14.3. The average Bonchev–Trinajstić information content (AvgIpc) is 3.25. The zero-order valence-electron chi connectivity index (χ0n) is 16.3. The second kappa shape index (κ2) is 8.39. The van der Waals surface area contributed by atoms with E-state index in [1.165, 1.54) is 28.2 Å². The SMILES string of the molecule is CC1Sc2ccc(C(=O)Nc3ccc(Cl)c(S(=O)(=O)N4CCCC4)c3)cc2NC1O. The van der Waals surface area contributed by atoms with Crippen LogP contribution in [-0.4, -0.2) is 48.3 Å². The molecule has 2 atom stereocenters. The Hall–Kier alpha value is -1.78. The van der Waals surface area contributed by atoms with Gasteiger partial charge >= 0.3 is 0 Å². The Morgan fingerprint density at radius 3 is 2.70 bits per heavy atom. The first-order valence-electron chi connectivity index (χ1n) is 9.62. The zero-order chi connectivity index (χ0) is 21.5. The molecule has 2 aromatic carbocycles. The van der Waals surface area contributed by atoms with Crippen LogP contribution in [0.15, 0.2) is 46.2 Å². The van der Waals surface area contributed by atoms with Crippen LogP contribution in [-0.2, 0) is 10.0 Å². The molecule has 0 radical (unpaired) electrons. The first-order valence-corrected chi connectivity index (χ1v) is 12.3. The molecule has 4 rings (SSSR count). The third-order valence-corrected chi connectivity index (χ3v) is 8.79. The van der Waals surface area contributed by atoms with Gasteiger partial charge < -0.3 is 15.7 Å². The molecule has 0 bridgehead atoms. The molecule has 10 heteroatoms. The Morgan fingerprint density at radius 1 is 1.23 bits per heavy atom. The van der Waals surface area contributed by atoms with Crippen LogP contribution in [0, 0.1) is 0 Å². The monoisotopic (exact) mass is 467 g/mol. The Morgan fingerprint density at radius 2 is 1.97 bits per heavy atom. The maximum atomic E-state index is 12.9. The highest BCUT2D eigenvalue weighted by Crippen LogP contribution is 2.37. The molecule has 2 unspecified atom stereocenters. The smallest absolute Gasteiger partial charge is 0.255 e. The van der Waals surface area contributed by atoms with Crippen molar-refractivity contribution in [1.29, 1.82) is 0 Å². The summed E-state index contributed by atoms with van der Waals surface area (Å²) in [4.78, 5) is 13.7. The highest BCUT2D eigenvalue weighted by molar-refractivity contribution is 8.00. The van der Waals surface area contributed by atoms with E-state index in [9.17, 15) is 18.3 Å². The number of hydrogen-bond donors (Lipinski definition) is 3. The maximum absolute atomic E-state index is 12.9. The average molecular weight is 468 g/mol. The van der Waals surface area contributed by atoms with Crippen molar-refractivity contribution >= 4 is 50.7 Å². The number of aliphatic hydroxyl groups excluding tert-OH is 1. The Kier molecular flexibility index (Phi) is 6.00. The topological polar surface area (TPSA) is 98.7 Å². The molecular weight excluding hydrogens is 446 g/mol. The zero-order valence-corrected chi connectivity index (χ0v) is 18.6. The fraction of sp³-hybridized carbons (Fsp3) is 0.350. The van der Waals surface area contributed by atoms with Crippen molar-refractivity contribution < 1.29 is 18.3 Å². The van der Waals surface area contributed by atoms with Crippen molar-refractivity contribution in [3.63, 3.8) is 0 Å². The minimum atomic E-state index is -3.71. The molecule has 0 saturated carbocycles. The van der Waals surface area contributed by atoms with Gasteiger partial charge in [0.15, 0.2) is 0 Å². The summed E-state index contributed by atoms with van der Waals surface area (Å²) in [6.45, 7) is 2.86. The van der Waals surface area contributed by atoms with Crippen molar-refractivity contribution in [3.8, 4) is 0 Å². The van der Waals surface area contributed by atoms with E-state index in [1.54, 1.807) is 18.2 Å². The molecule has 3 N–H and O–H groups in total. The van der Waals surface area contributed by atoms with E-state index in [0.717, 1.165) is 17.7 Å². The number of nitrogens with zero attached hydrogens (tertiary/aromatic N) is 1. The first kappa shape index (κ1) is 21.5. The van der Waals surface area contributed by atoms with Gasteiger partial charge in [-0.15, -0.1) is 11.8 Å². The summed E-state index contributed by atoms with van der Waals surface area (Å²) in [7, 11) is -3.71. The Balaban J connectivity index is 1.56. The van der Waals surface area contributed by atoms with Gasteiger partial charge in [0.05, 0.1) is 16.0 Å². The molecule has 0 aromatic heterocycles. The van der Waals surface area contributed by atoms with E-state index in [-0.39, 0.29) is 21.1 Å². The number of amides is 1. The van der Waals surface area contributed by atoms with Gasteiger partial charge in [0, 0.05) is 29.2 Å². The predicted molar refractivity (Wildman–Crippen MR) is 119 cm³/mol. The van der Waals surface area contributed by atoms with Crippen molar-refractivity contribution in [1.82, 2.24) is 4.31 Å². The number of rotatable bonds is 4. The molecular formula is C20H22ClN3O4S2. The fourth-order valence-corrected chi connectivity index (χ4v) is 6.48. The number of hydrogen-bond acceptors (Lipinski definition) is 6. The molecule has 1 fully saturated rings. The minimum absolute atomic E-state index is 0.00206. The van der Waals surface area contributed by atoms with Gasteiger partial charge in [-0.25, -0.2) is 8.42 Å². The minimum Gasteiger partial charge on any atom is -0.373 e. The number of aliphatic hydroxyl groups is 1. The molecule has 7 nitrogen and oxygen atoms in total. The van der Waals surface area contributed by atoms with Gasteiger partial charge in [0.2, 0.25) is 10.0 Å². The summed E-state index contributed by atoms with van der Waals surface area (Å²) in [6, 6.07) is 9.64. The number of fused-ring (bicyclic) bond motifs is 1. The largest absolute Gasteiger partial charge is 0.373 e. The quantitative estimate of drug-likeness (QED) is 0.635. The van der Waals surface area contributed by atoms with Crippen molar-refractivity contribution in [2.45, 2.75) is 41.0 Å². The summed E-state index contributed by atoms with van der Waals surface area (Å²) in [6.07, 6.45) is 0.951. The molecule has 30 heavy (non-hydrogen) atoms. The number of sulfonamides is 1. The second-order valence-electron chi connectivity index (χ2n) is 7.33. The number of carbonyl (C=O) groups excluding carboxylic acids is 1. The number of nitrogens with one attached hydrogen (secondary N) is 2. The molecule has 2 aromatic rings. The van der Waals surface area contributed by atoms with E-state index in [2.05, 4.69) is 10.6 Å². The van der Waals surface area contributed by atoms with Crippen LogP contribution in [0.2, 0.25) is 5.02 Å². The maximum Gasteiger partial charge on any atom is 0.255 e. The van der Waals surface area contributed by atoms with Gasteiger partial charge in [-0.3, -0.25) is 4.79 Å². The van der Waals surface area contributed by atoms with Gasteiger partial charge in [-0.1, -0.05) is 11.6 Å². The molecule has 160 valence electrons. The normalized spacial score (nSPS) is 21.7. The number of halogens is 1. The highest BCUT2D eigenvalue weighted by atomic mass is 35.5. The number of benzene rings is 2. The van der Waals surface area contributed by atoms with Crippen molar-refractivity contribution in [3.05, 3.63) is 47.0 Å². The van der Waals surface area contributed by atoms with E-state index in [1.807, 2.05) is 13.0 Å². The lowest BCUT2D eigenvalue weighted by Crippen LogP contribution is -2.32. The standard InChI is InChI=1S/C20H22ClN3O4S2/c1-12-19(25)23-16-10-13(4-7-17(16)29-12)20(26)22-14-5-6-15(21)18(11-14)30(27,28)24-8-2-3-9-24/h4-7,10-12,19,23,25H,2-3,8-9H2,1H3,(H,22,26). The third kappa shape index (κ3) is 4.17. The van der Waals surface area contributed by atoms with Crippen molar-refractivity contribution in [2.24, 2.45) is 0 Å². The molecule has 0 aliphatic carbocycles. The van der Waals surface area contributed by atoms with Crippen LogP contribution in [0.4, 0.5) is 11.4 Å². The molecule has 2 aliphatic heterocycles. The lowest BCUT2D eigenvalue weighted by molar-refractivity contribution is 0.102. The van der Waals surface area contributed by atoms with E-state index < -0.39 is 16.3 Å². The molecule has 2 aliphatic rings. The second-order valence-corrected chi connectivity index (χ2v) is 11.1. The van der Waals surface area contributed by atoms with E-state index >= 15 is 0 Å². The van der Waals surface area contributed by atoms with Gasteiger partial charge in [-0.05, 0) is 56.2 Å². The lowest BCUT2D eigenvalue weighted by atomic mass is 10.1. The third-order valence-electron chi connectivity index (χ3n) is 5.17. The lowest BCUT2D eigenvalue weighted by Gasteiger charge is -2.28. The van der Waals surface area contributed by atoms with E-state index in [0.29, 0.717) is 30.0 Å². The summed E-state index contributed by atoms with van der Waals surface area (Å²) in [5.41, 5.74) is 1.42. The number of anilines is 2. The summed E-state index contributed by atoms with van der Waals surface area (Å²) in [5.74, 6) is -0.385. The van der Waals surface area contributed by atoms with Crippen LogP contribution in [0.25, 0.3) is 0 Å². The van der Waals surface area contributed by atoms with Crippen LogP contribution in [0.3, 0.4) is 0 Å². The van der Waals surface area contributed by atoms with E-state index in [4.69, 9.17) is 11.6 Å². The fourth-order valence-electron chi connectivity index (χ4n) is 3.48. The molecule has 0 spiro atoms. The Labute approximate surface area is 184 Å². The van der Waals surface area contributed by atoms with Crippen LogP contribution >= 0.6 is 23.4 Å². The van der Waals surface area contributed by atoms with Gasteiger partial charge in [0.1, 0.15) is 11.1 Å². The molecule has 2 heterocycles. The molecule has 1 amide bonds. The summed E-state index contributed by atoms with van der Waals surface area (Å²) in [5, 5.41) is 15.9. The van der Waals surface area contributed by atoms with Crippen LogP contribution in [0.1, 0.15) is 30.1 Å².